The first kappa shape index (κ1) is 25.3. The minimum Gasteiger partial charge on any atom is -0.352 e. The van der Waals surface area contributed by atoms with Gasteiger partial charge >= 0.3 is 0 Å². The molecule has 0 spiro atoms. The van der Waals surface area contributed by atoms with Gasteiger partial charge in [0.2, 0.25) is 21.8 Å². The Morgan fingerprint density at radius 3 is 2.28 bits per heavy atom. The number of anilines is 1. The molecule has 2 rings (SSSR count). The highest BCUT2D eigenvalue weighted by molar-refractivity contribution is 7.92. The molecule has 1 N–H and O–H groups in total. The first-order valence-corrected chi connectivity index (χ1v) is 12.1. The average molecular weight is 464 g/mol. The van der Waals surface area contributed by atoms with Crippen LogP contribution in [0.5, 0.6) is 0 Å². The van der Waals surface area contributed by atoms with E-state index in [0.29, 0.717) is 0 Å². The van der Waals surface area contributed by atoms with E-state index in [4.69, 9.17) is 0 Å². The molecule has 0 heterocycles. The first-order valence-electron chi connectivity index (χ1n) is 10.3. The predicted octanol–water partition coefficient (Wildman–Crippen LogP) is 2.84. The molecule has 0 saturated heterocycles. The highest BCUT2D eigenvalue weighted by Crippen LogP contribution is 2.20. The molecule has 2 aromatic rings. The molecule has 1 atom stereocenters. The molecule has 0 saturated carbocycles. The van der Waals surface area contributed by atoms with Crippen molar-refractivity contribution < 1.29 is 22.4 Å². The predicted molar refractivity (Wildman–Crippen MR) is 123 cm³/mol. The van der Waals surface area contributed by atoms with E-state index in [1.54, 1.807) is 6.92 Å². The molecule has 0 fully saturated rings. The molecule has 0 radical (unpaired) electrons. The quantitative estimate of drug-likeness (QED) is 0.620. The Morgan fingerprint density at radius 2 is 1.72 bits per heavy atom. The van der Waals surface area contributed by atoms with Crippen LogP contribution in [0.4, 0.5) is 10.1 Å². The highest BCUT2D eigenvalue weighted by atomic mass is 32.2. The van der Waals surface area contributed by atoms with Crippen molar-refractivity contribution in [3.63, 3.8) is 0 Å². The molecule has 32 heavy (non-hydrogen) atoms. The fourth-order valence-corrected chi connectivity index (χ4v) is 4.05. The summed E-state index contributed by atoms with van der Waals surface area (Å²) in [5.74, 6) is -1.54. The summed E-state index contributed by atoms with van der Waals surface area (Å²) in [6.45, 7) is 6.68. The van der Waals surface area contributed by atoms with Crippen LogP contribution in [0.3, 0.4) is 0 Å². The van der Waals surface area contributed by atoms with Crippen LogP contribution in [-0.4, -0.2) is 50.0 Å². The zero-order valence-electron chi connectivity index (χ0n) is 19.0. The largest absolute Gasteiger partial charge is 0.352 e. The van der Waals surface area contributed by atoms with Gasteiger partial charge in [0.15, 0.2) is 0 Å². The summed E-state index contributed by atoms with van der Waals surface area (Å²) < 4.78 is 39.4. The molecule has 0 aliphatic heterocycles. The Labute approximate surface area is 189 Å². The lowest BCUT2D eigenvalue weighted by Gasteiger charge is -2.32. The number of hydrogen-bond acceptors (Lipinski definition) is 4. The Morgan fingerprint density at radius 1 is 1.06 bits per heavy atom. The maximum atomic E-state index is 13.7. The van der Waals surface area contributed by atoms with Crippen LogP contribution in [0.25, 0.3) is 0 Å². The molecule has 174 valence electrons. The van der Waals surface area contributed by atoms with Crippen LogP contribution < -0.4 is 9.62 Å². The third-order valence-corrected chi connectivity index (χ3v) is 6.12. The summed E-state index contributed by atoms with van der Waals surface area (Å²) in [6.07, 6.45) is 0.950. The van der Waals surface area contributed by atoms with Gasteiger partial charge in [-0.15, -0.1) is 0 Å². The number of halogens is 1. The Bertz CT molecular complexity index is 1070. The Balaban J connectivity index is 2.40. The third-order valence-electron chi connectivity index (χ3n) is 4.98. The van der Waals surface area contributed by atoms with Crippen LogP contribution in [-0.2, 0) is 26.2 Å². The van der Waals surface area contributed by atoms with E-state index in [2.05, 4.69) is 5.32 Å². The maximum absolute atomic E-state index is 13.7. The second-order valence-corrected chi connectivity index (χ2v) is 9.94. The number of benzene rings is 2. The van der Waals surface area contributed by atoms with Crippen LogP contribution in [0.1, 0.15) is 31.9 Å². The Kier molecular flexibility index (Phi) is 8.38. The van der Waals surface area contributed by atoms with E-state index in [0.717, 1.165) is 27.8 Å². The summed E-state index contributed by atoms with van der Waals surface area (Å²) >= 11 is 0. The standard InChI is InChI=1S/C23H30FN3O4S/c1-16(2)25-23(29)18(4)26(14-19-10-7-6-9-17(19)3)22(28)15-27(32(5,30)31)21-12-8-11-20(24)13-21/h6-13,16,18H,14-15H2,1-5H3,(H,25,29). The summed E-state index contributed by atoms with van der Waals surface area (Å²) in [7, 11) is -3.89. The summed E-state index contributed by atoms with van der Waals surface area (Å²) in [6, 6.07) is 11.5. The zero-order valence-corrected chi connectivity index (χ0v) is 19.8. The monoisotopic (exact) mass is 463 g/mol. The molecule has 0 aliphatic carbocycles. The molecular weight excluding hydrogens is 433 g/mol. The van der Waals surface area contributed by atoms with Gasteiger partial charge in [-0.1, -0.05) is 30.3 Å². The van der Waals surface area contributed by atoms with Gasteiger partial charge < -0.3 is 10.2 Å². The van der Waals surface area contributed by atoms with Crippen LogP contribution >= 0.6 is 0 Å². The molecule has 9 heteroatoms. The first-order chi connectivity index (χ1) is 14.9. The third kappa shape index (κ3) is 6.78. The number of rotatable bonds is 9. The molecule has 2 amide bonds. The van der Waals surface area contributed by atoms with E-state index < -0.39 is 34.3 Å². The van der Waals surface area contributed by atoms with Gasteiger partial charge in [-0.3, -0.25) is 13.9 Å². The fourth-order valence-electron chi connectivity index (χ4n) is 3.20. The highest BCUT2D eigenvalue weighted by Gasteiger charge is 2.30. The van der Waals surface area contributed by atoms with E-state index in [-0.39, 0.29) is 24.2 Å². The van der Waals surface area contributed by atoms with Gasteiger partial charge in [-0.05, 0) is 57.0 Å². The minimum atomic E-state index is -3.89. The zero-order chi connectivity index (χ0) is 24.1. The summed E-state index contributed by atoms with van der Waals surface area (Å²) in [5.41, 5.74) is 1.81. The molecule has 2 aromatic carbocycles. The lowest BCUT2D eigenvalue weighted by molar-refractivity contribution is -0.139. The molecular formula is C23H30FN3O4S. The lowest BCUT2D eigenvalue weighted by atomic mass is 10.1. The topological polar surface area (TPSA) is 86.8 Å². The minimum absolute atomic E-state index is 0.0379. The van der Waals surface area contributed by atoms with Crippen molar-refractivity contribution in [3.05, 3.63) is 65.5 Å². The molecule has 7 nitrogen and oxygen atoms in total. The van der Waals surface area contributed by atoms with Crippen molar-refractivity contribution in [2.24, 2.45) is 0 Å². The van der Waals surface area contributed by atoms with Crippen LogP contribution in [0, 0.1) is 12.7 Å². The number of nitrogens with zero attached hydrogens (tertiary/aromatic N) is 2. The van der Waals surface area contributed by atoms with E-state index in [1.165, 1.54) is 23.1 Å². The maximum Gasteiger partial charge on any atom is 0.244 e. The second kappa shape index (κ2) is 10.6. The number of carbonyl (C=O) groups excluding carboxylic acids is 2. The van der Waals surface area contributed by atoms with Crippen molar-refractivity contribution in [2.45, 2.75) is 46.3 Å². The normalized spacial score (nSPS) is 12.3. The van der Waals surface area contributed by atoms with Gasteiger partial charge in [0, 0.05) is 12.6 Å². The molecule has 0 aliphatic rings. The van der Waals surface area contributed by atoms with Gasteiger partial charge in [-0.2, -0.15) is 0 Å². The van der Waals surface area contributed by atoms with Crippen molar-refractivity contribution in [2.75, 3.05) is 17.1 Å². The van der Waals surface area contributed by atoms with Crippen molar-refractivity contribution in [1.82, 2.24) is 10.2 Å². The molecule has 1 unspecified atom stereocenters. The van der Waals surface area contributed by atoms with E-state index in [1.807, 2.05) is 45.0 Å². The SMILES string of the molecule is Cc1ccccc1CN(C(=O)CN(c1cccc(F)c1)S(C)(=O)=O)C(C)C(=O)NC(C)C. The second-order valence-electron chi connectivity index (χ2n) is 8.04. The number of hydrogen-bond donors (Lipinski definition) is 1. The summed E-state index contributed by atoms with van der Waals surface area (Å²) in [4.78, 5) is 27.4. The number of nitrogens with one attached hydrogen (secondary N) is 1. The van der Waals surface area contributed by atoms with E-state index >= 15 is 0 Å². The number of aryl methyl sites for hydroxylation is 1. The van der Waals surface area contributed by atoms with Gasteiger partial charge in [0.05, 0.1) is 11.9 Å². The summed E-state index contributed by atoms with van der Waals surface area (Å²) in [5, 5.41) is 2.79. The van der Waals surface area contributed by atoms with E-state index in [9.17, 15) is 22.4 Å². The molecule has 0 bridgehead atoms. The van der Waals surface area contributed by atoms with Gasteiger partial charge in [-0.25, -0.2) is 12.8 Å². The van der Waals surface area contributed by atoms with Crippen molar-refractivity contribution in [3.8, 4) is 0 Å². The number of sulfonamides is 1. The number of amides is 2. The Hall–Kier alpha value is -2.94. The van der Waals surface area contributed by atoms with Gasteiger partial charge in [0.25, 0.3) is 0 Å². The van der Waals surface area contributed by atoms with Crippen molar-refractivity contribution >= 4 is 27.5 Å². The van der Waals surface area contributed by atoms with Crippen LogP contribution in [0.2, 0.25) is 0 Å². The van der Waals surface area contributed by atoms with Crippen LogP contribution in [0.15, 0.2) is 48.5 Å². The fraction of sp³-hybridized carbons (Fsp3) is 0.391. The number of carbonyl (C=O) groups is 2. The lowest BCUT2D eigenvalue weighted by Crippen LogP contribution is -2.52. The smallest absolute Gasteiger partial charge is 0.244 e. The van der Waals surface area contributed by atoms with Gasteiger partial charge in [0.1, 0.15) is 18.4 Å². The molecule has 0 aromatic heterocycles. The van der Waals surface area contributed by atoms with Crippen molar-refractivity contribution in [1.29, 1.82) is 0 Å². The average Bonchev–Trinajstić information content (AvgIpc) is 2.69.